The summed E-state index contributed by atoms with van der Waals surface area (Å²) in [5.74, 6) is -0.242. The molecule has 0 bridgehead atoms. The molecular formula is C13H14N2O2S. The standard InChI is InChI=1S/C13H14N2O2S/c1-2-17-12(16)8-15-6-5-9-7-10(13(14)18)3-4-11(9)15/h3-7H,2,8H2,1H3,(H2,14,18). The molecule has 4 nitrogen and oxygen atoms in total. The van der Waals surface area contributed by atoms with Gasteiger partial charge >= 0.3 is 5.97 Å². The fraction of sp³-hybridized carbons (Fsp3) is 0.231. The van der Waals surface area contributed by atoms with Gasteiger partial charge in [-0.25, -0.2) is 0 Å². The summed E-state index contributed by atoms with van der Waals surface area (Å²) < 4.78 is 6.77. The number of fused-ring (bicyclic) bond motifs is 1. The number of carbonyl (C=O) groups excluding carboxylic acids is 1. The Morgan fingerprint density at radius 1 is 1.44 bits per heavy atom. The molecule has 0 aliphatic carbocycles. The van der Waals surface area contributed by atoms with E-state index in [0.717, 1.165) is 16.5 Å². The Kier molecular flexibility index (Phi) is 3.62. The number of esters is 1. The van der Waals surface area contributed by atoms with Gasteiger partial charge < -0.3 is 15.0 Å². The van der Waals surface area contributed by atoms with Crippen LogP contribution in [0.1, 0.15) is 12.5 Å². The van der Waals surface area contributed by atoms with Crippen LogP contribution in [0, 0.1) is 0 Å². The second kappa shape index (κ2) is 5.18. The van der Waals surface area contributed by atoms with Gasteiger partial charge in [-0.15, -0.1) is 0 Å². The Hall–Kier alpha value is -1.88. The number of benzene rings is 1. The van der Waals surface area contributed by atoms with Gasteiger partial charge in [-0.2, -0.15) is 0 Å². The zero-order valence-corrected chi connectivity index (χ0v) is 10.9. The van der Waals surface area contributed by atoms with Crippen LogP contribution in [0.3, 0.4) is 0 Å². The third-order valence-corrected chi connectivity index (χ3v) is 2.90. The molecule has 0 spiro atoms. The molecular weight excluding hydrogens is 248 g/mol. The van der Waals surface area contributed by atoms with E-state index in [2.05, 4.69) is 0 Å². The molecule has 94 valence electrons. The summed E-state index contributed by atoms with van der Waals surface area (Å²) >= 11 is 4.93. The Bertz CT molecular complexity index is 604. The quantitative estimate of drug-likeness (QED) is 0.674. The van der Waals surface area contributed by atoms with Gasteiger partial charge in [0.05, 0.1) is 6.61 Å². The first-order valence-corrected chi connectivity index (χ1v) is 6.07. The molecule has 0 saturated carbocycles. The number of carbonyl (C=O) groups is 1. The minimum atomic E-state index is -0.242. The Morgan fingerprint density at radius 3 is 2.89 bits per heavy atom. The Morgan fingerprint density at radius 2 is 2.22 bits per heavy atom. The monoisotopic (exact) mass is 262 g/mol. The summed E-state index contributed by atoms with van der Waals surface area (Å²) in [6.07, 6.45) is 1.85. The number of thiocarbonyl (C=S) groups is 1. The SMILES string of the molecule is CCOC(=O)Cn1ccc2cc(C(N)=S)ccc21. The first kappa shape index (κ1) is 12.6. The number of nitrogens with zero attached hydrogens (tertiary/aromatic N) is 1. The number of hydrogen-bond donors (Lipinski definition) is 1. The van der Waals surface area contributed by atoms with Crippen LogP contribution in [-0.2, 0) is 16.1 Å². The molecule has 2 N–H and O–H groups in total. The lowest BCUT2D eigenvalue weighted by Crippen LogP contribution is -2.12. The minimum Gasteiger partial charge on any atom is -0.465 e. The average Bonchev–Trinajstić information content (AvgIpc) is 2.72. The topological polar surface area (TPSA) is 57.2 Å². The molecule has 0 amide bonds. The fourth-order valence-corrected chi connectivity index (χ4v) is 1.96. The van der Waals surface area contributed by atoms with Crippen molar-refractivity contribution in [2.75, 3.05) is 6.61 Å². The molecule has 0 radical (unpaired) electrons. The van der Waals surface area contributed by atoms with Crippen LogP contribution in [0.2, 0.25) is 0 Å². The largest absolute Gasteiger partial charge is 0.465 e. The first-order chi connectivity index (χ1) is 8.61. The lowest BCUT2D eigenvalue weighted by atomic mass is 10.1. The molecule has 0 saturated heterocycles. The third-order valence-electron chi connectivity index (χ3n) is 2.66. The van der Waals surface area contributed by atoms with Crippen molar-refractivity contribution in [1.29, 1.82) is 0 Å². The number of aromatic nitrogens is 1. The van der Waals surface area contributed by atoms with Crippen LogP contribution in [0.15, 0.2) is 30.5 Å². The van der Waals surface area contributed by atoms with Crippen molar-refractivity contribution in [1.82, 2.24) is 4.57 Å². The maximum Gasteiger partial charge on any atom is 0.325 e. The summed E-state index contributed by atoms with van der Waals surface area (Å²) in [5.41, 5.74) is 7.37. The molecule has 1 heterocycles. The number of hydrogen-bond acceptors (Lipinski definition) is 3. The molecule has 1 aromatic carbocycles. The fourth-order valence-electron chi connectivity index (χ4n) is 1.84. The van der Waals surface area contributed by atoms with Crippen molar-refractivity contribution in [2.45, 2.75) is 13.5 Å². The number of ether oxygens (including phenoxy) is 1. The predicted octanol–water partition coefficient (Wildman–Crippen LogP) is 1.84. The van der Waals surface area contributed by atoms with E-state index in [0.29, 0.717) is 11.6 Å². The summed E-state index contributed by atoms with van der Waals surface area (Å²) in [5, 5.41) is 1.00. The van der Waals surface area contributed by atoms with Crippen LogP contribution in [0.4, 0.5) is 0 Å². The van der Waals surface area contributed by atoms with Gasteiger partial charge in [0.15, 0.2) is 0 Å². The Balaban J connectivity index is 2.31. The van der Waals surface area contributed by atoms with Crippen LogP contribution < -0.4 is 5.73 Å². The summed E-state index contributed by atoms with van der Waals surface area (Å²) in [7, 11) is 0. The lowest BCUT2D eigenvalue weighted by molar-refractivity contribution is -0.143. The van der Waals surface area contributed by atoms with E-state index in [-0.39, 0.29) is 12.5 Å². The zero-order valence-electron chi connectivity index (χ0n) is 10.1. The summed E-state index contributed by atoms with van der Waals surface area (Å²) in [4.78, 5) is 11.8. The highest BCUT2D eigenvalue weighted by molar-refractivity contribution is 7.80. The molecule has 18 heavy (non-hydrogen) atoms. The highest BCUT2D eigenvalue weighted by Crippen LogP contribution is 2.17. The van der Waals surface area contributed by atoms with Gasteiger partial charge in [0.2, 0.25) is 0 Å². The normalized spacial score (nSPS) is 10.5. The zero-order chi connectivity index (χ0) is 13.1. The van der Waals surface area contributed by atoms with E-state index in [1.165, 1.54) is 0 Å². The van der Waals surface area contributed by atoms with Crippen molar-refractivity contribution in [3.63, 3.8) is 0 Å². The predicted molar refractivity (Wildman–Crippen MR) is 74.5 cm³/mol. The van der Waals surface area contributed by atoms with Crippen LogP contribution in [0.25, 0.3) is 10.9 Å². The van der Waals surface area contributed by atoms with Gasteiger partial charge in [-0.05, 0) is 31.2 Å². The van der Waals surface area contributed by atoms with Crippen LogP contribution >= 0.6 is 12.2 Å². The maximum atomic E-state index is 11.4. The van der Waals surface area contributed by atoms with E-state index in [9.17, 15) is 4.79 Å². The first-order valence-electron chi connectivity index (χ1n) is 5.66. The smallest absolute Gasteiger partial charge is 0.325 e. The molecule has 2 aromatic rings. The van der Waals surface area contributed by atoms with E-state index < -0.39 is 0 Å². The number of rotatable bonds is 4. The molecule has 0 unspecified atom stereocenters. The van der Waals surface area contributed by atoms with Crippen molar-refractivity contribution in [2.24, 2.45) is 5.73 Å². The Labute approximate surface area is 110 Å². The maximum absolute atomic E-state index is 11.4. The minimum absolute atomic E-state index is 0.212. The van der Waals surface area contributed by atoms with Crippen molar-refractivity contribution in [3.8, 4) is 0 Å². The molecule has 2 rings (SSSR count). The van der Waals surface area contributed by atoms with Crippen molar-refractivity contribution >= 4 is 34.1 Å². The average molecular weight is 262 g/mol. The van der Waals surface area contributed by atoms with Gasteiger partial charge in [-0.1, -0.05) is 12.2 Å². The summed E-state index contributed by atoms with van der Waals surface area (Å²) in [6, 6.07) is 7.60. The molecule has 1 aromatic heterocycles. The van der Waals surface area contributed by atoms with Crippen molar-refractivity contribution in [3.05, 3.63) is 36.0 Å². The molecule has 0 fully saturated rings. The molecule has 0 aliphatic rings. The van der Waals surface area contributed by atoms with Gasteiger partial charge in [-0.3, -0.25) is 4.79 Å². The van der Waals surface area contributed by atoms with Crippen molar-refractivity contribution < 1.29 is 9.53 Å². The molecule has 5 heteroatoms. The van der Waals surface area contributed by atoms with Gasteiger partial charge in [0, 0.05) is 22.7 Å². The lowest BCUT2D eigenvalue weighted by Gasteiger charge is -2.05. The third kappa shape index (κ3) is 2.51. The van der Waals surface area contributed by atoms with E-state index >= 15 is 0 Å². The van der Waals surface area contributed by atoms with Gasteiger partial charge in [0.25, 0.3) is 0 Å². The number of nitrogens with two attached hydrogens (primary N) is 1. The van der Waals surface area contributed by atoms with E-state index in [1.807, 2.05) is 35.0 Å². The van der Waals surface area contributed by atoms with E-state index in [4.69, 9.17) is 22.7 Å². The molecule has 0 aliphatic heterocycles. The molecule has 0 atom stereocenters. The van der Waals surface area contributed by atoms with Crippen LogP contribution in [0.5, 0.6) is 0 Å². The van der Waals surface area contributed by atoms with E-state index in [1.54, 1.807) is 6.92 Å². The second-order valence-electron chi connectivity index (χ2n) is 3.89. The second-order valence-corrected chi connectivity index (χ2v) is 4.33. The highest BCUT2D eigenvalue weighted by atomic mass is 32.1. The van der Waals surface area contributed by atoms with Gasteiger partial charge in [0.1, 0.15) is 11.5 Å². The van der Waals surface area contributed by atoms with Crippen LogP contribution in [-0.4, -0.2) is 22.1 Å². The highest BCUT2D eigenvalue weighted by Gasteiger charge is 2.07. The summed E-state index contributed by atoms with van der Waals surface area (Å²) in [6.45, 7) is 2.40.